The van der Waals surface area contributed by atoms with Crippen LogP contribution in [0.1, 0.15) is 21.5 Å². The van der Waals surface area contributed by atoms with Crippen molar-refractivity contribution in [2.75, 3.05) is 40.5 Å². The van der Waals surface area contributed by atoms with E-state index in [4.69, 9.17) is 14.2 Å². The Bertz CT molecular complexity index is 906. The number of phenols is 1. The Hall–Kier alpha value is -2.90. The Morgan fingerprint density at radius 3 is 2.55 bits per heavy atom. The standard InChI is InChI=1S/C22H24FNO5/c1-27-19-13-20(28-2)21(18(25)8-7-15-5-3-4-6-17(15)23)22(26)16(19)14-24-9-11-29-12-10-24/h3-8,13,26H,9-12,14H2,1-2H3/b8-7+. The summed E-state index contributed by atoms with van der Waals surface area (Å²) in [6, 6.07) is 7.72. The van der Waals surface area contributed by atoms with E-state index in [1.165, 1.54) is 32.4 Å². The second kappa shape index (κ2) is 9.54. The van der Waals surface area contributed by atoms with E-state index in [1.54, 1.807) is 24.3 Å². The smallest absolute Gasteiger partial charge is 0.193 e. The van der Waals surface area contributed by atoms with E-state index in [9.17, 15) is 14.3 Å². The van der Waals surface area contributed by atoms with E-state index in [2.05, 4.69) is 4.90 Å². The maximum Gasteiger partial charge on any atom is 0.193 e. The zero-order valence-electron chi connectivity index (χ0n) is 16.5. The van der Waals surface area contributed by atoms with Crippen LogP contribution in [-0.4, -0.2) is 56.3 Å². The molecular formula is C22H24FNO5. The third-order valence-corrected chi connectivity index (χ3v) is 4.82. The van der Waals surface area contributed by atoms with Gasteiger partial charge in [-0.05, 0) is 18.2 Å². The van der Waals surface area contributed by atoms with Crippen molar-refractivity contribution in [3.8, 4) is 17.2 Å². The van der Waals surface area contributed by atoms with Crippen LogP contribution in [0.5, 0.6) is 17.2 Å². The van der Waals surface area contributed by atoms with Crippen molar-refractivity contribution in [2.24, 2.45) is 0 Å². The van der Waals surface area contributed by atoms with Gasteiger partial charge in [0.15, 0.2) is 5.78 Å². The average molecular weight is 401 g/mol. The summed E-state index contributed by atoms with van der Waals surface area (Å²) < 4.78 is 29.9. The van der Waals surface area contributed by atoms with Crippen molar-refractivity contribution in [1.29, 1.82) is 0 Å². The van der Waals surface area contributed by atoms with E-state index < -0.39 is 11.6 Å². The fourth-order valence-corrected chi connectivity index (χ4v) is 3.24. The molecule has 1 fully saturated rings. The van der Waals surface area contributed by atoms with Gasteiger partial charge in [-0.2, -0.15) is 0 Å². The molecule has 3 rings (SSSR count). The quantitative estimate of drug-likeness (QED) is 0.567. The highest BCUT2D eigenvalue weighted by atomic mass is 19.1. The van der Waals surface area contributed by atoms with Crippen LogP contribution in [-0.2, 0) is 11.3 Å². The number of methoxy groups -OCH3 is 2. The SMILES string of the molecule is COc1cc(OC)c(C(=O)/C=C/c2ccccc2F)c(O)c1CN1CCOCC1. The van der Waals surface area contributed by atoms with Crippen LogP contribution in [0.2, 0.25) is 0 Å². The second-order valence-electron chi connectivity index (χ2n) is 6.59. The highest BCUT2D eigenvalue weighted by Gasteiger charge is 2.25. The van der Waals surface area contributed by atoms with Crippen LogP contribution in [0.3, 0.4) is 0 Å². The van der Waals surface area contributed by atoms with E-state index in [-0.39, 0.29) is 22.6 Å². The minimum Gasteiger partial charge on any atom is -0.507 e. The lowest BCUT2D eigenvalue weighted by Gasteiger charge is -2.28. The van der Waals surface area contributed by atoms with Crippen molar-refractivity contribution in [3.05, 3.63) is 58.9 Å². The Morgan fingerprint density at radius 2 is 1.90 bits per heavy atom. The first kappa shape index (κ1) is 20.8. The van der Waals surface area contributed by atoms with Gasteiger partial charge in [0.25, 0.3) is 0 Å². The number of aromatic hydroxyl groups is 1. The Kier molecular flexibility index (Phi) is 6.85. The molecule has 1 aliphatic heterocycles. The van der Waals surface area contributed by atoms with Crippen LogP contribution in [0.15, 0.2) is 36.4 Å². The van der Waals surface area contributed by atoms with Crippen molar-refractivity contribution in [2.45, 2.75) is 6.54 Å². The summed E-state index contributed by atoms with van der Waals surface area (Å²) >= 11 is 0. The summed E-state index contributed by atoms with van der Waals surface area (Å²) in [5, 5.41) is 10.9. The first-order valence-corrected chi connectivity index (χ1v) is 9.29. The maximum absolute atomic E-state index is 13.8. The molecular weight excluding hydrogens is 377 g/mol. The minimum atomic E-state index is -0.492. The lowest BCUT2D eigenvalue weighted by molar-refractivity contribution is 0.0335. The largest absolute Gasteiger partial charge is 0.507 e. The molecule has 1 saturated heterocycles. The number of hydrogen-bond donors (Lipinski definition) is 1. The number of allylic oxidation sites excluding steroid dienone is 1. The van der Waals surface area contributed by atoms with E-state index in [0.29, 0.717) is 44.2 Å². The number of ether oxygens (including phenoxy) is 3. The summed E-state index contributed by atoms with van der Waals surface area (Å²) in [6.07, 6.45) is 2.60. The maximum atomic E-state index is 13.8. The van der Waals surface area contributed by atoms with Gasteiger partial charge >= 0.3 is 0 Å². The number of morpholine rings is 1. The number of halogens is 1. The molecule has 2 aromatic rings. The number of rotatable bonds is 7. The van der Waals surface area contributed by atoms with Gasteiger partial charge in [-0.15, -0.1) is 0 Å². The van der Waals surface area contributed by atoms with Crippen LogP contribution in [0.25, 0.3) is 6.08 Å². The molecule has 0 unspecified atom stereocenters. The minimum absolute atomic E-state index is 0.0177. The molecule has 1 N–H and O–H groups in total. The topological polar surface area (TPSA) is 68.2 Å². The molecule has 0 radical (unpaired) electrons. The molecule has 1 aliphatic rings. The van der Waals surface area contributed by atoms with Gasteiger partial charge < -0.3 is 19.3 Å². The van der Waals surface area contributed by atoms with Gasteiger partial charge in [-0.1, -0.05) is 18.2 Å². The fraction of sp³-hybridized carbons (Fsp3) is 0.318. The number of ketones is 1. The van der Waals surface area contributed by atoms with Gasteiger partial charge in [0.05, 0.1) is 33.0 Å². The molecule has 2 aromatic carbocycles. The number of carbonyl (C=O) groups excluding carboxylic acids is 1. The molecule has 0 bridgehead atoms. The summed E-state index contributed by atoms with van der Waals surface area (Å²) in [5.74, 6) is -0.506. The zero-order chi connectivity index (χ0) is 20.8. The monoisotopic (exact) mass is 401 g/mol. The molecule has 0 spiro atoms. The summed E-state index contributed by atoms with van der Waals surface area (Å²) in [7, 11) is 2.91. The second-order valence-corrected chi connectivity index (χ2v) is 6.59. The van der Waals surface area contributed by atoms with Gasteiger partial charge in [0.1, 0.15) is 28.6 Å². The fourth-order valence-electron chi connectivity index (χ4n) is 3.24. The lowest BCUT2D eigenvalue weighted by atomic mass is 10.0. The number of benzene rings is 2. The van der Waals surface area contributed by atoms with Crippen LogP contribution < -0.4 is 9.47 Å². The van der Waals surface area contributed by atoms with Crippen molar-refractivity contribution in [1.82, 2.24) is 4.90 Å². The third kappa shape index (κ3) is 4.75. The summed E-state index contributed by atoms with van der Waals surface area (Å²) in [6.45, 7) is 3.04. The van der Waals surface area contributed by atoms with Crippen molar-refractivity contribution >= 4 is 11.9 Å². The zero-order valence-corrected chi connectivity index (χ0v) is 16.5. The molecule has 1 heterocycles. The Labute approximate surface area is 169 Å². The number of hydrogen-bond acceptors (Lipinski definition) is 6. The number of nitrogens with zero attached hydrogens (tertiary/aromatic N) is 1. The molecule has 0 aromatic heterocycles. The van der Waals surface area contributed by atoms with Gasteiger partial charge in [-0.25, -0.2) is 4.39 Å². The van der Waals surface area contributed by atoms with Gasteiger partial charge in [0, 0.05) is 31.3 Å². The number of carbonyl (C=O) groups is 1. The number of phenolic OH excluding ortho intramolecular Hbond substituents is 1. The van der Waals surface area contributed by atoms with Crippen molar-refractivity contribution < 1.29 is 28.5 Å². The normalized spacial score (nSPS) is 14.9. The highest BCUT2D eigenvalue weighted by Crippen LogP contribution is 2.40. The van der Waals surface area contributed by atoms with Gasteiger partial charge in [0.2, 0.25) is 0 Å². The molecule has 7 heteroatoms. The highest BCUT2D eigenvalue weighted by molar-refractivity contribution is 6.11. The predicted molar refractivity (Wildman–Crippen MR) is 107 cm³/mol. The van der Waals surface area contributed by atoms with Crippen molar-refractivity contribution in [3.63, 3.8) is 0 Å². The van der Waals surface area contributed by atoms with Gasteiger partial charge in [-0.3, -0.25) is 9.69 Å². The molecule has 29 heavy (non-hydrogen) atoms. The first-order chi connectivity index (χ1) is 14.0. The third-order valence-electron chi connectivity index (χ3n) is 4.82. The lowest BCUT2D eigenvalue weighted by Crippen LogP contribution is -2.35. The molecule has 0 saturated carbocycles. The van der Waals surface area contributed by atoms with E-state index >= 15 is 0 Å². The Morgan fingerprint density at radius 1 is 1.21 bits per heavy atom. The predicted octanol–water partition coefficient (Wildman–Crippen LogP) is 3.28. The Balaban J connectivity index is 1.96. The molecule has 0 amide bonds. The van der Waals surface area contributed by atoms with Crippen LogP contribution >= 0.6 is 0 Å². The van der Waals surface area contributed by atoms with E-state index in [1.807, 2.05) is 0 Å². The molecule has 0 aliphatic carbocycles. The first-order valence-electron chi connectivity index (χ1n) is 9.29. The van der Waals surface area contributed by atoms with E-state index in [0.717, 1.165) is 0 Å². The summed E-state index contributed by atoms with van der Waals surface area (Å²) in [4.78, 5) is 15.0. The summed E-state index contributed by atoms with van der Waals surface area (Å²) in [5.41, 5.74) is 0.795. The van der Waals surface area contributed by atoms with Crippen LogP contribution in [0.4, 0.5) is 4.39 Å². The molecule has 154 valence electrons. The molecule has 6 nitrogen and oxygen atoms in total. The average Bonchev–Trinajstić information content (AvgIpc) is 2.74. The van der Waals surface area contributed by atoms with Crippen LogP contribution in [0, 0.1) is 5.82 Å². The molecule has 0 atom stereocenters.